The van der Waals surface area contributed by atoms with Gasteiger partial charge >= 0.3 is 0 Å². The number of thiophene rings is 1. The van der Waals surface area contributed by atoms with Crippen molar-refractivity contribution >= 4 is 65.5 Å². The van der Waals surface area contributed by atoms with Gasteiger partial charge in [0.1, 0.15) is 11.5 Å². The first-order valence-corrected chi connectivity index (χ1v) is 14.5. The molecule has 0 fully saturated rings. The molecule has 4 heteroatoms. The summed E-state index contributed by atoms with van der Waals surface area (Å²) in [5, 5.41) is 6.03. The first kappa shape index (κ1) is 22.0. The first-order valence-electron chi connectivity index (χ1n) is 12.9. The molecule has 1 nitrogen and oxygen atoms in total. The van der Waals surface area contributed by atoms with Crippen LogP contribution in [0.2, 0.25) is 10.0 Å². The van der Waals surface area contributed by atoms with Gasteiger partial charge in [-0.05, 0) is 52.4 Å². The number of fused-ring (bicyclic) bond motifs is 15. The molecule has 7 aromatic rings. The van der Waals surface area contributed by atoms with Gasteiger partial charge in [0, 0.05) is 47.3 Å². The molecule has 1 spiro atoms. The lowest BCUT2D eigenvalue weighted by Gasteiger charge is -2.39. The molecule has 0 unspecified atom stereocenters. The lowest BCUT2D eigenvalue weighted by molar-refractivity contribution is 0.436. The number of rotatable bonds is 0. The molecule has 0 N–H and O–H groups in total. The van der Waals surface area contributed by atoms with Crippen molar-refractivity contribution in [2.45, 2.75) is 5.41 Å². The molecule has 1 aromatic heterocycles. The average Bonchev–Trinajstić information content (AvgIpc) is 3.49. The molecule has 0 atom stereocenters. The minimum atomic E-state index is -0.627. The second-order valence-corrected chi connectivity index (χ2v) is 12.1. The van der Waals surface area contributed by atoms with Crippen LogP contribution in [0.1, 0.15) is 22.3 Å². The van der Waals surface area contributed by atoms with E-state index in [1.165, 1.54) is 37.0 Å². The molecule has 9 rings (SSSR count). The second kappa shape index (κ2) is 7.64. The summed E-state index contributed by atoms with van der Waals surface area (Å²) in [7, 11) is 0. The van der Waals surface area contributed by atoms with Crippen LogP contribution in [0, 0.1) is 0 Å². The Morgan fingerprint density at radius 3 is 1.85 bits per heavy atom. The minimum Gasteiger partial charge on any atom is -0.457 e. The second-order valence-electron chi connectivity index (χ2n) is 10.3. The number of hydrogen-bond donors (Lipinski definition) is 0. The van der Waals surface area contributed by atoms with Gasteiger partial charge in [0.25, 0.3) is 0 Å². The average molecular weight is 558 g/mol. The zero-order valence-corrected chi connectivity index (χ0v) is 22.8. The topological polar surface area (TPSA) is 9.23 Å². The van der Waals surface area contributed by atoms with Gasteiger partial charge in [0.15, 0.2) is 0 Å². The Morgan fingerprint density at radius 1 is 0.538 bits per heavy atom. The van der Waals surface area contributed by atoms with Gasteiger partial charge in [-0.3, -0.25) is 0 Å². The summed E-state index contributed by atoms with van der Waals surface area (Å²) in [6.07, 6.45) is 0. The van der Waals surface area contributed by atoms with Crippen molar-refractivity contribution in [2.24, 2.45) is 0 Å². The van der Waals surface area contributed by atoms with Gasteiger partial charge < -0.3 is 4.74 Å². The van der Waals surface area contributed by atoms with Gasteiger partial charge in [-0.15, -0.1) is 11.3 Å². The Kier molecular flexibility index (Phi) is 4.32. The summed E-state index contributed by atoms with van der Waals surface area (Å²) in [6.45, 7) is 0. The monoisotopic (exact) mass is 556 g/mol. The van der Waals surface area contributed by atoms with Gasteiger partial charge in [-0.2, -0.15) is 0 Å². The van der Waals surface area contributed by atoms with E-state index in [0.29, 0.717) is 0 Å². The zero-order valence-electron chi connectivity index (χ0n) is 20.5. The Bertz CT molecular complexity index is 2150. The number of hydrogen-bond acceptors (Lipinski definition) is 2. The molecule has 0 radical (unpaired) electrons. The summed E-state index contributed by atoms with van der Waals surface area (Å²) >= 11 is 16.2. The maximum atomic E-state index is 7.26. The third-order valence-corrected chi connectivity index (χ3v) is 10.3. The molecule has 1 aliphatic carbocycles. The van der Waals surface area contributed by atoms with E-state index in [-0.39, 0.29) is 0 Å². The SMILES string of the molecule is Clc1cc2c(c3ccccc13)-c1c(cc(Cl)c3c1sc1ccccc13)C21c2ccccc2Oc2ccccc21. The minimum absolute atomic E-state index is 0.627. The normalized spacial score (nSPS) is 14.3. The smallest absolute Gasteiger partial charge is 0.132 e. The van der Waals surface area contributed by atoms with Crippen molar-refractivity contribution in [3.63, 3.8) is 0 Å². The predicted octanol–water partition coefficient (Wildman–Crippen LogP) is 11.0. The zero-order chi connectivity index (χ0) is 25.9. The maximum Gasteiger partial charge on any atom is 0.132 e. The highest BCUT2D eigenvalue weighted by Crippen LogP contribution is 2.66. The van der Waals surface area contributed by atoms with Gasteiger partial charge in [-0.25, -0.2) is 0 Å². The summed E-state index contributed by atoms with van der Waals surface area (Å²) in [5.41, 5.74) is 6.40. The van der Waals surface area contributed by atoms with Gasteiger partial charge in [-0.1, -0.05) is 102 Å². The molecular weight excluding hydrogens is 539 g/mol. The molecule has 0 bridgehead atoms. The fourth-order valence-electron chi connectivity index (χ4n) is 7.01. The highest BCUT2D eigenvalue weighted by Gasteiger charge is 2.52. The van der Waals surface area contributed by atoms with E-state index in [1.807, 2.05) is 23.5 Å². The van der Waals surface area contributed by atoms with Crippen LogP contribution < -0.4 is 4.74 Å². The Balaban J connectivity index is 1.60. The van der Waals surface area contributed by atoms with E-state index in [0.717, 1.165) is 48.8 Å². The van der Waals surface area contributed by atoms with E-state index in [1.54, 1.807) is 0 Å². The fourth-order valence-corrected chi connectivity index (χ4v) is 8.93. The maximum absolute atomic E-state index is 7.26. The number of ether oxygens (including phenoxy) is 1. The van der Waals surface area contributed by atoms with Crippen LogP contribution in [0.15, 0.2) is 109 Å². The molecule has 2 aliphatic rings. The van der Waals surface area contributed by atoms with E-state index in [4.69, 9.17) is 27.9 Å². The summed E-state index contributed by atoms with van der Waals surface area (Å²) < 4.78 is 8.96. The van der Waals surface area contributed by atoms with E-state index in [2.05, 4.69) is 97.1 Å². The van der Waals surface area contributed by atoms with E-state index in [9.17, 15) is 0 Å². The van der Waals surface area contributed by atoms with Crippen LogP contribution in [-0.2, 0) is 5.41 Å². The van der Waals surface area contributed by atoms with Crippen molar-refractivity contribution in [1.29, 1.82) is 0 Å². The quantitative estimate of drug-likeness (QED) is 0.180. The molecule has 0 saturated heterocycles. The van der Waals surface area contributed by atoms with Crippen LogP contribution in [-0.4, -0.2) is 0 Å². The molecule has 0 saturated carbocycles. The number of halogens is 2. The molecule has 1 aliphatic heterocycles. The number of benzene rings is 6. The molecular formula is C35H18Cl2OS. The van der Waals surface area contributed by atoms with Crippen LogP contribution in [0.4, 0.5) is 0 Å². The lowest BCUT2D eigenvalue weighted by atomic mass is 9.66. The Labute approximate surface area is 238 Å². The standard InChI is InChI=1S/C35H18Cl2OS/c36-26-17-24-31(20-10-2-1-9-19(20)26)33-25(18-27(37)32-21-11-3-8-16-30(21)39-34(32)33)35(24)22-12-4-6-14-28(22)38-29-15-7-5-13-23(29)35/h1-18H. The first-order chi connectivity index (χ1) is 19.2. The van der Waals surface area contributed by atoms with Crippen molar-refractivity contribution in [1.82, 2.24) is 0 Å². The molecule has 2 heterocycles. The van der Waals surface area contributed by atoms with Gasteiger partial charge in [0.2, 0.25) is 0 Å². The Morgan fingerprint density at radius 2 is 1.10 bits per heavy atom. The largest absolute Gasteiger partial charge is 0.457 e. The van der Waals surface area contributed by atoms with Crippen molar-refractivity contribution in [2.75, 3.05) is 0 Å². The number of para-hydroxylation sites is 2. The van der Waals surface area contributed by atoms with Crippen molar-refractivity contribution in [3.8, 4) is 22.6 Å². The van der Waals surface area contributed by atoms with Crippen LogP contribution in [0.25, 0.3) is 42.1 Å². The van der Waals surface area contributed by atoms with Crippen LogP contribution >= 0.6 is 34.5 Å². The summed E-state index contributed by atoms with van der Waals surface area (Å²) in [6, 6.07) is 38.2. The third-order valence-electron chi connectivity index (χ3n) is 8.46. The van der Waals surface area contributed by atoms with Crippen LogP contribution in [0.5, 0.6) is 11.5 Å². The summed E-state index contributed by atoms with van der Waals surface area (Å²) in [5.74, 6) is 1.71. The highest BCUT2D eigenvalue weighted by molar-refractivity contribution is 7.26. The summed E-state index contributed by atoms with van der Waals surface area (Å²) in [4.78, 5) is 0. The van der Waals surface area contributed by atoms with Crippen molar-refractivity contribution < 1.29 is 4.74 Å². The fraction of sp³-hybridized carbons (Fsp3) is 0.0286. The molecule has 39 heavy (non-hydrogen) atoms. The van der Waals surface area contributed by atoms with E-state index >= 15 is 0 Å². The third kappa shape index (κ3) is 2.62. The lowest BCUT2D eigenvalue weighted by Crippen LogP contribution is -2.32. The molecule has 184 valence electrons. The predicted molar refractivity (Wildman–Crippen MR) is 164 cm³/mol. The van der Waals surface area contributed by atoms with Gasteiger partial charge in [0.05, 0.1) is 10.4 Å². The molecule has 0 amide bonds. The Hall–Kier alpha value is -3.82. The van der Waals surface area contributed by atoms with Crippen LogP contribution in [0.3, 0.4) is 0 Å². The van der Waals surface area contributed by atoms with E-state index < -0.39 is 5.41 Å². The molecule has 6 aromatic carbocycles. The van der Waals surface area contributed by atoms with Crippen molar-refractivity contribution in [3.05, 3.63) is 141 Å². The highest BCUT2D eigenvalue weighted by atomic mass is 35.5.